The molecule has 3 nitrogen and oxygen atoms in total. The van der Waals surface area contributed by atoms with Gasteiger partial charge in [0.25, 0.3) is 0 Å². The Morgan fingerprint density at radius 2 is 1.54 bits per heavy atom. The molecule has 0 amide bonds. The zero-order chi connectivity index (χ0) is 9.94. The molecule has 0 saturated heterocycles. The van der Waals surface area contributed by atoms with Crippen molar-refractivity contribution in [3.05, 3.63) is 0 Å². The van der Waals surface area contributed by atoms with Crippen LogP contribution in [0, 0.1) is 0 Å². The van der Waals surface area contributed by atoms with Gasteiger partial charge in [0.15, 0.2) is 0 Å². The van der Waals surface area contributed by atoms with Crippen LogP contribution in [0.3, 0.4) is 0 Å². The molecule has 2 N–H and O–H groups in total. The summed E-state index contributed by atoms with van der Waals surface area (Å²) >= 11 is 0. The normalized spacial score (nSPS) is 11.1. The maximum atomic E-state index is 3.45. The fourth-order valence-corrected chi connectivity index (χ4v) is 1.20. The van der Waals surface area contributed by atoms with Gasteiger partial charge in [-0.15, -0.1) is 0 Å². The molecule has 0 spiro atoms. The van der Waals surface area contributed by atoms with Gasteiger partial charge >= 0.3 is 0 Å². The number of unbranched alkanes of at least 4 members (excludes halogenated alkanes) is 1. The third-order valence-corrected chi connectivity index (χ3v) is 1.99. The molecule has 0 fully saturated rings. The predicted octanol–water partition coefficient (Wildman–Crippen LogP) is 0.527. The second-order valence-corrected chi connectivity index (χ2v) is 3.72. The number of nitrogens with one attached hydrogen (secondary N) is 2. The van der Waals surface area contributed by atoms with E-state index in [0.29, 0.717) is 0 Å². The van der Waals surface area contributed by atoms with Crippen molar-refractivity contribution in [1.82, 2.24) is 15.5 Å². The van der Waals surface area contributed by atoms with Gasteiger partial charge in [-0.2, -0.15) is 0 Å². The van der Waals surface area contributed by atoms with Crippen LogP contribution in [0.25, 0.3) is 0 Å². The average molecular weight is 187 g/mol. The van der Waals surface area contributed by atoms with Crippen LogP contribution < -0.4 is 10.6 Å². The Bertz CT molecular complexity index is 94.2. The van der Waals surface area contributed by atoms with Gasteiger partial charge in [-0.05, 0) is 66.6 Å². The summed E-state index contributed by atoms with van der Waals surface area (Å²) in [5, 5.41) is 6.60. The molecule has 0 aliphatic heterocycles. The summed E-state index contributed by atoms with van der Waals surface area (Å²) in [5.41, 5.74) is 0. The van der Waals surface area contributed by atoms with E-state index in [4.69, 9.17) is 0 Å². The fraction of sp³-hybridized carbons (Fsp3) is 1.00. The lowest BCUT2D eigenvalue weighted by Crippen LogP contribution is -2.22. The molecule has 0 aromatic heterocycles. The van der Waals surface area contributed by atoms with Crippen LogP contribution in [0.5, 0.6) is 0 Å². The first kappa shape index (κ1) is 12.9. The fourth-order valence-electron chi connectivity index (χ4n) is 1.20. The van der Waals surface area contributed by atoms with Crippen LogP contribution in [-0.4, -0.2) is 52.2 Å². The minimum Gasteiger partial charge on any atom is -0.320 e. The maximum absolute atomic E-state index is 3.45. The van der Waals surface area contributed by atoms with E-state index in [-0.39, 0.29) is 0 Å². The van der Waals surface area contributed by atoms with Gasteiger partial charge in [0.2, 0.25) is 0 Å². The van der Waals surface area contributed by atoms with Crippen molar-refractivity contribution >= 4 is 0 Å². The maximum Gasteiger partial charge on any atom is -0.00127 e. The molecule has 0 aliphatic rings. The molecule has 13 heavy (non-hydrogen) atoms. The highest BCUT2D eigenvalue weighted by Crippen LogP contribution is 1.85. The standard InChI is InChI=1S/C10H25N3/c1-11-7-4-5-8-12-9-6-10-13(2)3/h11-12H,4-10H2,1-3H3. The molecular formula is C10H25N3. The molecule has 0 bridgehead atoms. The van der Waals surface area contributed by atoms with E-state index in [9.17, 15) is 0 Å². The Hall–Kier alpha value is -0.120. The first-order valence-electron chi connectivity index (χ1n) is 5.27. The van der Waals surface area contributed by atoms with Crippen LogP contribution in [0.15, 0.2) is 0 Å². The highest BCUT2D eigenvalue weighted by molar-refractivity contribution is 4.51. The van der Waals surface area contributed by atoms with E-state index in [2.05, 4.69) is 29.6 Å². The zero-order valence-corrected chi connectivity index (χ0v) is 9.40. The Morgan fingerprint density at radius 1 is 0.923 bits per heavy atom. The lowest BCUT2D eigenvalue weighted by Gasteiger charge is -2.09. The van der Waals surface area contributed by atoms with Gasteiger partial charge in [-0.25, -0.2) is 0 Å². The highest BCUT2D eigenvalue weighted by Gasteiger charge is 1.90. The second-order valence-electron chi connectivity index (χ2n) is 3.72. The van der Waals surface area contributed by atoms with E-state index in [1.807, 2.05) is 7.05 Å². The van der Waals surface area contributed by atoms with E-state index in [1.54, 1.807) is 0 Å². The van der Waals surface area contributed by atoms with Crippen LogP contribution >= 0.6 is 0 Å². The third-order valence-electron chi connectivity index (χ3n) is 1.99. The van der Waals surface area contributed by atoms with Gasteiger partial charge < -0.3 is 15.5 Å². The summed E-state index contributed by atoms with van der Waals surface area (Å²) in [5.74, 6) is 0. The number of hydrogen-bond acceptors (Lipinski definition) is 3. The molecule has 3 heteroatoms. The van der Waals surface area contributed by atoms with Crippen molar-refractivity contribution in [2.45, 2.75) is 19.3 Å². The lowest BCUT2D eigenvalue weighted by atomic mass is 10.3. The Morgan fingerprint density at radius 3 is 2.15 bits per heavy atom. The average Bonchev–Trinajstić information content (AvgIpc) is 2.09. The van der Waals surface area contributed by atoms with Crippen LogP contribution in [-0.2, 0) is 0 Å². The Balaban J connectivity index is 2.84. The van der Waals surface area contributed by atoms with Crippen molar-refractivity contribution in [1.29, 1.82) is 0 Å². The molecular weight excluding hydrogens is 162 g/mol. The van der Waals surface area contributed by atoms with Gasteiger partial charge in [0, 0.05) is 0 Å². The number of nitrogens with zero attached hydrogens (tertiary/aromatic N) is 1. The molecule has 80 valence electrons. The molecule has 0 aliphatic carbocycles. The summed E-state index contributed by atoms with van der Waals surface area (Å²) in [6.07, 6.45) is 3.80. The monoisotopic (exact) mass is 187 g/mol. The molecule has 0 heterocycles. The van der Waals surface area contributed by atoms with Gasteiger partial charge in [-0.3, -0.25) is 0 Å². The quantitative estimate of drug-likeness (QED) is 0.516. The lowest BCUT2D eigenvalue weighted by molar-refractivity contribution is 0.394. The second kappa shape index (κ2) is 9.96. The smallest absolute Gasteiger partial charge is 0.00127 e. The summed E-state index contributed by atoms with van der Waals surface area (Å²) < 4.78 is 0. The minimum absolute atomic E-state index is 1.14. The number of hydrogen-bond donors (Lipinski definition) is 2. The first-order chi connectivity index (χ1) is 6.27. The van der Waals surface area contributed by atoms with Crippen molar-refractivity contribution in [3.8, 4) is 0 Å². The van der Waals surface area contributed by atoms with Crippen molar-refractivity contribution in [3.63, 3.8) is 0 Å². The largest absolute Gasteiger partial charge is 0.320 e. The topological polar surface area (TPSA) is 27.3 Å². The Kier molecular flexibility index (Phi) is 9.87. The molecule has 0 aromatic carbocycles. The highest BCUT2D eigenvalue weighted by atomic mass is 15.0. The van der Waals surface area contributed by atoms with Gasteiger partial charge in [0.1, 0.15) is 0 Å². The van der Waals surface area contributed by atoms with Gasteiger partial charge in [-0.1, -0.05) is 0 Å². The SMILES string of the molecule is CNCCCCNCCCN(C)C. The van der Waals surface area contributed by atoms with Crippen LogP contribution in [0.2, 0.25) is 0 Å². The van der Waals surface area contributed by atoms with E-state index >= 15 is 0 Å². The van der Waals surface area contributed by atoms with Crippen molar-refractivity contribution in [2.75, 3.05) is 47.3 Å². The van der Waals surface area contributed by atoms with Crippen LogP contribution in [0.1, 0.15) is 19.3 Å². The molecule has 0 atom stereocenters. The molecule has 0 rings (SSSR count). The predicted molar refractivity (Wildman–Crippen MR) is 59.2 cm³/mol. The van der Waals surface area contributed by atoms with Crippen LogP contribution in [0.4, 0.5) is 0 Å². The Labute approximate surface area is 82.9 Å². The summed E-state index contributed by atoms with van der Waals surface area (Å²) in [6.45, 7) is 4.63. The van der Waals surface area contributed by atoms with Gasteiger partial charge in [0.05, 0.1) is 0 Å². The molecule has 0 aromatic rings. The molecule has 0 radical (unpaired) electrons. The minimum atomic E-state index is 1.14. The molecule has 0 unspecified atom stereocenters. The van der Waals surface area contributed by atoms with Crippen molar-refractivity contribution < 1.29 is 0 Å². The zero-order valence-electron chi connectivity index (χ0n) is 9.40. The van der Waals surface area contributed by atoms with E-state index < -0.39 is 0 Å². The number of rotatable bonds is 9. The van der Waals surface area contributed by atoms with E-state index in [0.717, 1.165) is 19.6 Å². The van der Waals surface area contributed by atoms with E-state index in [1.165, 1.54) is 25.8 Å². The summed E-state index contributed by atoms with van der Waals surface area (Å²) in [4.78, 5) is 2.22. The third kappa shape index (κ3) is 11.9. The first-order valence-corrected chi connectivity index (χ1v) is 5.27. The summed E-state index contributed by atoms with van der Waals surface area (Å²) in [7, 11) is 6.24. The van der Waals surface area contributed by atoms with Crippen molar-refractivity contribution in [2.24, 2.45) is 0 Å². The molecule has 0 saturated carbocycles. The summed E-state index contributed by atoms with van der Waals surface area (Å²) in [6, 6.07) is 0.